The van der Waals surface area contributed by atoms with Gasteiger partial charge in [-0.1, -0.05) is 18.2 Å². The van der Waals surface area contributed by atoms with E-state index in [4.69, 9.17) is 4.74 Å². The number of benzene rings is 2. The highest BCUT2D eigenvalue weighted by Crippen LogP contribution is 2.30. The summed E-state index contributed by atoms with van der Waals surface area (Å²) in [5, 5.41) is 1.10. The Balaban J connectivity index is 1.77. The average molecular weight is 334 g/mol. The van der Waals surface area contributed by atoms with Crippen LogP contribution in [0.3, 0.4) is 0 Å². The number of aromatic nitrogens is 2. The monoisotopic (exact) mass is 334 g/mol. The second-order valence-corrected chi connectivity index (χ2v) is 6.45. The predicted octanol–water partition coefficient (Wildman–Crippen LogP) is 3.06. The molecule has 0 radical (unpaired) electrons. The number of ether oxygens (including phenoxy) is 1. The third kappa shape index (κ3) is 3.15. The van der Waals surface area contributed by atoms with E-state index in [0.29, 0.717) is 0 Å². The van der Waals surface area contributed by atoms with Gasteiger partial charge in [-0.3, -0.25) is 0 Å². The molecule has 0 aliphatic carbocycles. The van der Waals surface area contributed by atoms with Crippen molar-refractivity contribution in [2.75, 3.05) is 45.2 Å². The molecular weight excluding hydrogens is 312 g/mol. The van der Waals surface area contributed by atoms with Gasteiger partial charge in [-0.05, 0) is 42.4 Å². The van der Waals surface area contributed by atoms with Gasteiger partial charge in [-0.2, -0.15) is 0 Å². The zero-order chi connectivity index (χ0) is 17.2. The summed E-state index contributed by atoms with van der Waals surface area (Å²) in [7, 11) is 3.86. The lowest BCUT2D eigenvalue weighted by Gasteiger charge is -2.33. The van der Waals surface area contributed by atoms with E-state index in [0.717, 1.165) is 59.8 Å². The molecule has 1 fully saturated rings. The molecule has 1 aromatic heterocycles. The molecule has 0 N–H and O–H groups in total. The Hall–Kier alpha value is -2.66. The highest BCUT2D eigenvalue weighted by atomic mass is 16.5. The molecule has 128 valence electrons. The largest absolute Gasteiger partial charge is 0.497 e. The molecule has 4 rings (SSSR count). The van der Waals surface area contributed by atoms with Crippen LogP contribution in [-0.4, -0.2) is 55.2 Å². The number of nitrogens with zero attached hydrogens (tertiary/aromatic N) is 4. The summed E-state index contributed by atoms with van der Waals surface area (Å²) in [6.45, 7) is 4.10. The summed E-state index contributed by atoms with van der Waals surface area (Å²) in [6.07, 6.45) is 1.67. The maximum Gasteiger partial charge on any atom is 0.139 e. The molecule has 1 aliphatic heterocycles. The van der Waals surface area contributed by atoms with E-state index in [9.17, 15) is 0 Å². The Bertz CT molecular complexity index is 888. The lowest BCUT2D eigenvalue weighted by Crippen LogP contribution is -2.44. The van der Waals surface area contributed by atoms with Gasteiger partial charge in [0, 0.05) is 31.6 Å². The molecule has 0 spiro atoms. The van der Waals surface area contributed by atoms with Crippen molar-refractivity contribution >= 4 is 16.7 Å². The summed E-state index contributed by atoms with van der Waals surface area (Å²) in [4.78, 5) is 13.8. The fourth-order valence-electron chi connectivity index (χ4n) is 3.30. The molecule has 0 unspecified atom stereocenters. The van der Waals surface area contributed by atoms with Crippen LogP contribution in [0.25, 0.3) is 22.0 Å². The number of hydrogen-bond acceptors (Lipinski definition) is 5. The van der Waals surface area contributed by atoms with Gasteiger partial charge in [-0.15, -0.1) is 0 Å². The van der Waals surface area contributed by atoms with Gasteiger partial charge >= 0.3 is 0 Å². The molecule has 5 heteroatoms. The summed E-state index contributed by atoms with van der Waals surface area (Å²) in [5.74, 6) is 1.89. The van der Waals surface area contributed by atoms with Crippen molar-refractivity contribution in [2.24, 2.45) is 0 Å². The first kappa shape index (κ1) is 15.8. The Morgan fingerprint density at radius 1 is 0.920 bits per heavy atom. The highest BCUT2D eigenvalue weighted by Gasteiger charge is 2.18. The molecule has 0 saturated carbocycles. The lowest BCUT2D eigenvalue weighted by molar-refractivity contribution is 0.312. The second-order valence-electron chi connectivity index (χ2n) is 6.45. The number of methoxy groups -OCH3 is 1. The number of piperazine rings is 1. The van der Waals surface area contributed by atoms with Crippen LogP contribution in [0.15, 0.2) is 48.8 Å². The van der Waals surface area contributed by atoms with E-state index in [1.807, 2.05) is 12.1 Å². The molecular formula is C20H22N4O. The smallest absolute Gasteiger partial charge is 0.139 e. The van der Waals surface area contributed by atoms with Crippen LogP contribution in [0.4, 0.5) is 5.82 Å². The van der Waals surface area contributed by atoms with E-state index < -0.39 is 0 Å². The Labute approximate surface area is 147 Å². The summed E-state index contributed by atoms with van der Waals surface area (Å²) in [5.41, 5.74) is 3.27. The van der Waals surface area contributed by atoms with Crippen LogP contribution in [-0.2, 0) is 0 Å². The minimum atomic E-state index is 0.862. The SMILES string of the molecule is COc1cccc(-c2ccc3ncnc(N4CCN(C)CC4)c3c2)c1. The zero-order valence-electron chi connectivity index (χ0n) is 14.6. The third-order valence-electron chi connectivity index (χ3n) is 4.82. The highest BCUT2D eigenvalue weighted by molar-refractivity contribution is 5.93. The minimum absolute atomic E-state index is 0.862. The van der Waals surface area contributed by atoms with Crippen molar-refractivity contribution in [3.63, 3.8) is 0 Å². The van der Waals surface area contributed by atoms with Crippen LogP contribution in [0.2, 0.25) is 0 Å². The number of rotatable bonds is 3. The van der Waals surface area contributed by atoms with Crippen molar-refractivity contribution in [3.8, 4) is 16.9 Å². The molecule has 1 aliphatic rings. The van der Waals surface area contributed by atoms with E-state index in [2.05, 4.69) is 57.1 Å². The topological polar surface area (TPSA) is 41.5 Å². The molecule has 1 saturated heterocycles. The minimum Gasteiger partial charge on any atom is -0.497 e. The van der Waals surface area contributed by atoms with Gasteiger partial charge in [0.25, 0.3) is 0 Å². The third-order valence-corrected chi connectivity index (χ3v) is 4.82. The maximum atomic E-state index is 5.36. The Morgan fingerprint density at radius 2 is 1.72 bits per heavy atom. The fraction of sp³-hybridized carbons (Fsp3) is 0.300. The first-order chi connectivity index (χ1) is 12.2. The van der Waals surface area contributed by atoms with E-state index >= 15 is 0 Å². The van der Waals surface area contributed by atoms with Crippen LogP contribution in [0.1, 0.15) is 0 Å². The molecule has 25 heavy (non-hydrogen) atoms. The number of hydrogen-bond donors (Lipinski definition) is 0. The molecule has 5 nitrogen and oxygen atoms in total. The first-order valence-corrected chi connectivity index (χ1v) is 8.57. The predicted molar refractivity (Wildman–Crippen MR) is 101 cm³/mol. The van der Waals surface area contributed by atoms with Gasteiger partial charge in [0.15, 0.2) is 0 Å². The van der Waals surface area contributed by atoms with Crippen LogP contribution in [0.5, 0.6) is 5.75 Å². The molecule has 0 bridgehead atoms. The second kappa shape index (κ2) is 6.69. The average Bonchev–Trinajstić information content (AvgIpc) is 2.68. The van der Waals surface area contributed by atoms with Gasteiger partial charge in [-0.25, -0.2) is 9.97 Å². The van der Waals surface area contributed by atoms with Gasteiger partial charge in [0.2, 0.25) is 0 Å². The summed E-state index contributed by atoms with van der Waals surface area (Å²) in [6, 6.07) is 14.5. The quantitative estimate of drug-likeness (QED) is 0.736. The summed E-state index contributed by atoms with van der Waals surface area (Å²) < 4.78 is 5.36. The molecule has 2 aromatic carbocycles. The molecule has 0 amide bonds. The van der Waals surface area contributed by atoms with E-state index in [1.165, 1.54) is 0 Å². The van der Waals surface area contributed by atoms with Crippen molar-refractivity contribution in [1.82, 2.24) is 14.9 Å². The maximum absolute atomic E-state index is 5.36. The first-order valence-electron chi connectivity index (χ1n) is 8.57. The zero-order valence-corrected chi connectivity index (χ0v) is 14.6. The standard InChI is InChI=1S/C20H22N4O/c1-23-8-10-24(11-9-23)20-18-13-16(6-7-19(18)21-14-22-20)15-4-3-5-17(12-15)25-2/h3-7,12-14H,8-11H2,1-2H3. The van der Waals surface area contributed by atoms with Crippen LogP contribution in [0, 0.1) is 0 Å². The Morgan fingerprint density at radius 3 is 2.52 bits per heavy atom. The van der Waals surface area contributed by atoms with Crippen molar-refractivity contribution in [2.45, 2.75) is 0 Å². The lowest BCUT2D eigenvalue weighted by atomic mass is 10.0. The van der Waals surface area contributed by atoms with Crippen molar-refractivity contribution in [3.05, 3.63) is 48.8 Å². The summed E-state index contributed by atoms with van der Waals surface area (Å²) >= 11 is 0. The van der Waals surface area contributed by atoms with Crippen molar-refractivity contribution in [1.29, 1.82) is 0 Å². The van der Waals surface area contributed by atoms with Gasteiger partial charge < -0.3 is 14.5 Å². The molecule has 0 atom stereocenters. The molecule has 2 heterocycles. The number of anilines is 1. The number of likely N-dealkylation sites (N-methyl/N-ethyl adjacent to an activating group) is 1. The van der Waals surface area contributed by atoms with Gasteiger partial charge in [0.1, 0.15) is 17.9 Å². The van der Waals surface area contributed by atoms with Crippen LogP contribution >= 0.6 is 0 Å². The fourth-order valence-corrected chi connectivity index (χ4v) is 3.30. The normalized spacial score (nSPS) is 15.5. The number of fused-ring (bicyclic) bond motifs is 1. The Kier molecular flexibility index (Phi) is 4.24. The van der Waals surface area contributed by atoms with E-state index in [-0.39, 0.29) is 0 Å². The van der Waals surface area contributed by atoms with E-state index in [1.54, 1.807) is 13.4 Å². The van der Waals surface area contributed by atoms with Crippen molar-refractivity contribution < 1.29 is 4.74 Å². The molecule has 3 aromatic rings. The van der Waals surface area contributed by atoms with Crippen LogP contribution < -0.4 is 9.64 Å². The van der Waals surface area contributed by atoms with Gasteiger partial charge in [0.05, 0.1) is 12.6 Å².